The Morgan fingerprint density at radius 1 is 1.02 bits per heavy atom. The Kier molecular flexibility index (Phi) is 10.2. The Bertz CT molecular complexity index is 1870. The number of rotatable bonds is 10. The van der Waals surface area contributed by atoms with Crippen LogP contribution in [0.15, 0.2) is 89.9 Å². The molecule has 0 radical (unpaired) electrons. The molecule has 2 heterocycles. The minimum absolute atomic E-state index is 0.0898. The summed E-state index contributed by atoms with van der Waals surface area (Å²) in [6.45, 7) is 2.93. The van der Waals surface area contributed by atoms with Crippen LogP contribution in [0.5, 0.6) is 5.75 Å². The SMILES string of the molecule is CCOC(=O)Oc1cn(Cc2ccccc2F)c2sc(-c3ccc(NC(=S)NC)cc3)c(CN(C)Cc3ccccc3)c2c1=O. The lowest BCUT2D eigenvalue weighted by Crippen LogP contribution is -2.23. The first-order valence-electron chi connectivity index (χ1n) is 14.4. The predicted octanol–water partition coefficient (Wildman–Crippen LogP) is 7.00. The summed E-state index contributed by atoms with van der Waals surface area (Å²) in [6, 6.07) is 24.3. The van der Waals surface area contributed by atoms with Gasteiger partial charge >= 0.3 is 6.16 Å². The van der Waals surface area contributed by atoms with E-state index in [2.05, 4.69) is 27.7 Å². The maximum Gasteiger partial charge on any atom is 0.514 e. The number of aromatic nitrogens is 1. The molecule has 5 rings (SSSR count). The smallest absolute Gasteiger partial charge is 0.434 e. The van der Waals surface area contributed by atoms with E-state index in [9.17, 15) is 14.0 Å². The molecular formula is C34H33FN4O4S2. The zero-order chi connectivity index (χ0) is 31.9. The monoisotopic (exact) mass is 644 g/mol. The summed E-state index contributed by atoms with van der Waals surface area (Å²) in [5.74, 6) is -0.562. The van der Waals surface area contributed by atoms with E-state index in [0.29, 0.717) is 34.0 Å². The van der Waals surface area contributed by atoms with Crippen LogP contribution in [-0.2, 0) is 24.4 Å². The predicted molar refractivity (Wildman–Crippen MR) is 182 cm³/mol. The summed E-state index contributed by atoms with van der Waals surface area (Å²) in [5, 5.41) is 6.92. The van der Waals surface area contributed by atoms with Crippen molar-refractivity contribution >= 4 is 50.7 Å². The van der Waals surface area contributed by atoms with Gasteiger partial charge in [0.2, 0.25) is 5.43 Å². The lowest BCUT2D eigenvalue weighted by atomic mass is 10.0. The van der Waals surface area contributed by atoms with Gasteiger partial charge in [-0.15, -0.1) is 11.3 Å². The van der Waals surface area contributed by atoms with Gasteiger partial charge in [0.1, 0.15) is 10.6 Å². The third kappa shape index (κ3) is 7.56. The summed E-state index contributed by atoms with van der Waals surface area (Å²) in [5.41, 5.74) is 3.60. The quantitative estimate of drug-likeness (QED) is 0.124. The number of ether oxygens (including phenoxy) is 2. The number of halogens is 1. The zero-order valence-corrected chi connectivity index (χ0v) is 26.8. The summed E-state index contributed by atoms with van der Waals surface area (Å²) in [4.78, 5) is 30.1. The zero-order valence-electron chi connectivity index (χ0n) is 25.1. The molecule has 5 aromatic rings. The van der Waals surface area contributed by atoms with Crippen LogP contribution in [0, 0.1) is 5.82 Å². The fourth-order valence-corrected chi connectivity index (χ4v) is 6.42. The van der Waals surface area contributed by atoms with Crippen LogP contribution in [0.1, 0.15) is 23.6 Å². The van der Waals surface area contributed by atoms with Gasteiger partial charge in [0.25, 0.3) is 0 Å². The van der Waals surface area contributed by atoms with Crippen LogP contribution in [0.3, 0.4) is 0 Å². The number of pyridine rings is 1. The molecular weight excluding hydrogens is 612 g/mol. The van der Waals surface area contributed by atoms with E-state index in [4.69, 9.17) is 21.7 Å². The van der Waals surface area contributed by atoms with Crippen molar-refractivity contribution in [2.75, 3.05) is 26.0 Å². The molecule has 2 N–H and O–H groups in total. The third-order valence-corrected chi connectivity index (χ3v) is 8.71. The van der Waals surface area contributed by atoms with Gasteiger partial charge in [-0.1, -0.05) is 60.7 Å². The lowest BCUT2D eigenvalue weighted by molar-refractivity contribution is 0.104. The van der Waals surface area contributed by atoms with Crippen LogP contribution in [0.2, 0.25) is 0 Å². The number of nitrogens with one attached hydrogen (secondary N) is 2. The molecule has 0 bridgehead atoms. The number of thiophene rings is 1. The van der Waals surface area contributed by atoms with Crippen LogP contribution >= 0.6 is 23.6 Å². The number of carbonyl (C=O) groups excluding carboxylic acids is 1. The largest absolute Gasteiger partial charge is 0.514 e. The summed E-state index contributed by atoms with van der Waals surface area (Å²) in [7, 11) is 3.74. The molecule has 0 atom stereocenters. The Morgan fingerprint density at radius 3 is 2.42 bits per heavy atom. The maximum atomic E-state index is 14.8. The van der Waals surface area contributed by atoms with Crippen molar-refractivity contribution in [2.24, 2.45) is 0 Å². The Labute approximate surface area is 270 Å². The molecule has 0 saturated carbocycles. The van der Waals surface area contributed by atoms with Crippen molar-refractivity contribution in [1.82, 2.24) is 14.8 Å². The van der Waals surface area contributed by atoms with E-state index >= 15 is 0 Å². The number of hydrogen-bond acceptors (Lipinski definition) is 7. The average Bonchev–Trinajstić information content (AvgIpc) is 3.40. The normalized spacial score (nSPS) is 11.0. The van der Waals surface area contributed by atoms with Gasteiger partial charge in [-0.3, -0.25) is 9.69 Å². The van der Waals surface area contributed by atoms with Crippen molar-refractivity contribution in [2.45, 2.75) is 26.6 Å². The van der Waals surface area contributed by atoms with Gasteiger partial charge in [0.05, 0.1) is 24.7 Å². The molecule has 45 heavy (non-hydrogen) atoms. The molecule has 11 heteroatoms. The number of anilines is 1. The third-order valence-electron chi connectivity index (χ3n) is 7.08. The molecule has 232 valence electrons. The van der Waals surface area contributed by atoms with Gasteiger partial charge in [0, 0.05) is 36.3 Å². The first kappa shape index (κ1) is 31.8. The number of nitrogens with zero attached hydrogens (tertiary/aromatic N) is 2. The minimum Gasteiger partial charge on any atom is -0.434 e. The number of carbonyl (C=O) groups is 1. The van der Waals surface area contributed by atoms with E-state index in [1.54, 1.807) is 36.7 Å². The fraction of sp³-hybridized carbons (Fsp3) is 0.206. The van der Waals surface area contributed by atoms with Crippen LogP contribution in [0.25, 0.3) is 20.7 Å². The Balaban J connectivity index is 1.68. The molecule has 0 aliphatic rings. The maximum absolute atomic E-state index is 14.8. The summed E-state index contributed by atoms with van der Waals surface area (Å²) in [6.07, 6.45) is 0.476. The molecule has 0 saturated heterocycles. The van der Waals surface area contributed by atoms with E-state index < -0.39 is 11.6 Å². The van der Waals surface area contributed by atoms with Crippen LogP contribution < -0.4 is 20.8 Å². The summed E-state index contributed by atoms with van der Waals surface area (Å²) >= 11 is 6.68. The van der Waals surface area contributed by atoms with Crippen molar-refractivity contribution in [3.8, 4) is 16.2 Å². The van der Waals surface area contributed by atoms with E-state index in [-0.39, 0.29) is 24.7 Å². The molecule has 0 unspecified atom stereocenters. The van der Waals surface area contributed by atoms with E-state index in [0.717, 1.165) is 27.3 Å². The van der Waals surface area contributed by atoms with E-state index in [1.165, 1.54) is 23.6 Å². The highest BCUT2D eigenvalue weighted by Crippen LogP contribution is 2.40. The van der Waals surface area contributed by atoms with Crippen molar-refractivity contribution in [3.63, 3.8) is 0 Å². The molecule has 2 aromatic heterocycles. The van der Waals surface area contributed by atoms with Gasteiger partial charge in [-0.2, -0.15) is 0 Å². The first-order chi connectivity index (χ1) is 21.8. The van der Waals surface area contributed by atoms with Gasteiger partial charge in [-0.25, -0.2) is 9.18 Å². The second kappa shape index (κ2) is 14.5. The molecule has 0 aliphatic carbocycles. The lowest BCUT2D eigenvalue weighted by Gasteiger charge is -2.18. The number of fused-ring (bicyclic) bond motifs is 1. The highest BCUT2D eigenvalue weighted by atomic mass is 32.1. The Hall–Kier alpha value is -4.58. The highest BCUT2D eigenvalue weighted by Gasteiger charge is 2.24. The second-order valence-electron chi connectivity index (χ2n) is 10.4. The average molecular weight is 645 g/mol. The highest BCUT2D eigenvalue weighted by molar-refractivity contribution is 7.80. The molecule has 0 spiro atoms. The molecule has 3 aromatic carbocycles. The molecule has 0 aliphatic heterocycles. The van der Waals surface area contributed by atoms with Gasteiger partial charge < -0.3 is 24.7 Å². The van der Waals surface area contributed by atoms with Crippen LogP contribution in [-0.4, -0.2) is 41.4 Å². The minimum atomic E-state index is -0.979. The van der Waals surface area contributed by atoms with Gasteiger partial charge in [-0.05, 0) is 61.1 Å². The molecule has 0 amide bonds. The van der Waals surface area contributed by atoms with Crippen molar-refractivity contribution in [1.29, 1.82) is 0 Å². The second-order valence-corrected chi connectivity index (χ2v) is 11.8. The van der Waals surface area contributed by atoms with E-state index in [1.807, 2.05) is 49.5 Å². The Morgan fingerprint density at radius 2 is 1.73 bits per heavy atom. The number of thiocarbonyl (C=S) groups is 1. The first-order valence-corrected chi connectivity index (χ1v) is 15.6. The fourth-order valence-electron chi connectivity index (χ4n) is 5.01. The topological polar surface area (TPSA) is 84.8 Å². The van der Waals surface area contributed by atoms with Crippen molar-refractivity contribution in [3.05, 3.63) is 118 Å². The van der Waals surface area contributed by atoms with Crippen molar-refractivity contribution < 1.29 is 18.7 Å². The van der Waals surface area contributed by atoms with Crippen LogP contribution in [0.4, 0.5) is 14.9 Å². The molecule has 8 nitrogen and oxygen atoms in total. The van der Waals surface area contributed by atoms with Gasteiger partial charge in [0.15, 0.2) is 10.9 Å². The number of benzene rings is 3. The number of hydrogen-bond donors (Lipinski definition) is 2. The molecule has 0 fully saturated rings. The summed E-state index contributed by atoms with van der Waals surface area (Å²) < 4.78 is 27.0. The standard InChI is InChI=1S/C34H33FN4O4S2/c1-4-42-34(41)43-28-21-39(19-24-12-8-9-13-27(24)35)32-29(30(28)40)26(20-38(3)18-22-10-6-5-7-11-22)31(45-32)23-14-16-25(17-15-23)37-33(44)36-2/h5-17,21H,4,18-20H2,1-3H3,(H2,36,37,44).